The molecule has 0 atom stereocenters. The molecule has 1 aliphatic carbocycles. The number of amides is 1. The Labute approximate surface area is 194 Å². The standard InChI is InChI=1S/C22H23N5OS3/c1-3-9-27-20(15-10-14(2)29-12-15)25-26-22(27)30-13-19(28)24-21-17(11-23)16-7-5-4-6-8-18(16)31-21/h3,10,12H,1,4-9,13H2,2H3,(H,24,28). The predicted octanol–water partition coefficient (Wildman–Crippen LogP) is 5.43. The fourth-order valence-electron chi connectivity index (χ4n) is 3.71. The third-order valence-corrected chi connectivity index (χ3v) is 8.17. The Hall–Kier alpha value is -2.41. The highest BCUT2D eigenvalue weighted by atomic mass is 32.2. The molecule has 3 aromatic rings. The molecule has 3 heterocycles. The van der Waals surface area contributed by atoms with Gasteiger partial charge in [-0.3, -0.25) is 9.36 Å². The monoisotopic (exact) mass is 469 g/mol. The number of fused-ring (bicyclic) bond motifs is 1. The number of nitriles is 1. The molecule has 160 valence electrons. The lowest BCUT2D eigenvalue weighted by atomic mass is 10.1. The summed E-state index contributed by atoms with van der Waals surface area (Å²) in [5.74, 6) is 0.839. The molecule has 0 bridgehead atoms. The van der Waals surface area contributed by atoms with Gasteiger partial charge < -0.3 is 5.32 Å². The minimum Gasteiger partial charge on any atom is -0.316 e. The number of allylic oxidation sites excluding steroid dienone is 1. The molecule has 0 fully saturated rings. The molecule has 0 aliphatic heterocycles. The minimum absolute atomic E-state index is 0.140. The number of thiophene rings is 2. The lowest BCUT2D eigenvalue weighted by Crippen LogP contribution is -2.14. The number of anilines is 1. The van der Waals surface area contributed by atoms with Crippen molar-refractivity contribution in [3.8, 4) is 17.5 Å². The van der Waals surface area contributed by atoms with Crippen LogP contribution in [0.4, 0.5) is 5.00 Å². The average Bonchev–Trinajstić information content (AvgIpc) is 3.39. The zero-order valence-corrected chi connectivity index (χ0v) is 19.8. The molecule has 0 spiro atoms. The number of hydrogen-bond acceptors (Lipinski definition) is 7. The van der Waals surface area contributed by atoms with Crippen LogP contribution in [-0.4, -0.2) is 26.4 Å². The van der Waals surface area contributed by atoms with Gasteiger partial charge in [-0.15, -0.1) is 39.4 Å². The van der Waals surface area contributed by atoms with Crippen molar-refractivity contribution in [2.24, 2.45) is 0 Å². The second kappa shape index (κ2) is 9.81. The Morgan fingerprint density at radius 1 is 1.39 bits per heavy atom. The number of hydrogen-bond donors (Lipinski definition) is 1. The van der Waals surface area contributed by atoms with E-state index in [-0.39, 0.29) is 11.7 Å². The van der Waals surface area contributed by atoms with Gasteiger partial charge >= 0.3 is 0 Å². The first-order valence-electron chi connectivity index (χ1n) is 10.2. The summed E-state index contributed by atoms with van der Waals surface area (Å²) in [7, 11) is 0. The fraction of sp³-hybridized carbons (Fsp3) is 0.364. The van der Waals surface area contributed by atoms with Crippen LogP contribution in [0.1, 0.15) is 40.1 Å². The Morgan fingerprint density at radius 3 is 2.97 bits per heavy atom. The van der Waals surface area contributed by atoms with Crippen LogP contribution in [0.3, 0.4) is 0 Å². The van der Waals surface area contributed by atoms with E-state index in [1.54, 1.807) is 28.7 Å². The van der Waals surface area contributed by atoms with Gasteiger partial charge in [0.2, 0.25) is 5.91 Å². The highest BCUT2D eigenvalue weighted by Crippen LogP contribution is 2.37. The highest BCUT2D eigenvalue weighted by molar-refractivity contribution is 7.99. The molecule has 0 saturated carbocycles. The first-order valence-corrected chi connectivity index (χ1v) is 12.9. The van der Waals surface area contributed by atoms with E-state index >= 15 is 0 Å². The van der Waals surface area contributed by atoms with Gasteiger partial charge in [0.1, 0.15) is 11.1 Å². The molecule has 3 aromatic heterocycles. The molecule has 6 nitrogen and oxygen atoms in total. The number of rotatable bonds is 7. The maximum atomic E-state index is 12.7. The van der Waals surface area contributed by atoms with E-state index in [4.69, 9.17) is 0 Å². The zero-order valence-electron chi connectivity index (χ0n) is 17.3. The smallest absolute Gasteiger partial charge is 0.235 e. The fourth-order valence-corrected chi connectivity index (χ4v) is 6.39. The highest BCUT2D eigenvalue weighted by Gasteiger charge is 2.21. The summed E-state index contributed by atoms with van der Waals surface area (Å²) in [4.78, 5) is 15.1. The summed E-state index contributed by atoms with van der Waals surface area (Å²) in [6.45, 7) is 6.46. The topological polar surface area (TPSA) is 83.6 Å². The Morgan fingerprint density at radius 2 is 2.23 bits per heavy atom. The minimum atomic E-state index is -0.140. The molecule has 9 heteroatoms. The second-order valence-corrected chi connectivity index (χ2v) is 10.5. The van der Waals surface area contributed by atoms with E-state index in [1.807, 2.05) is 4.57 Å². The predicted molar refractivity (Wildman–Crippen MR) is 128 cm³/mol. The van der Waals surface area contributed by atoms with Gasteiger partial charge in [-0.2, -0.15) is 5.26 Å². The Kier molecular flexibility index (Phi) is 6.90. The number of carbonyl (C=O) groups excluding carboxylic acids is 1. The van der Waals surface area contributed by atoms with Gasteiger partial charge in [-0.1, -0.05) is 24.3 Å². The first kappa shape index (κ1) is 21.8. The van der Waals surface area contributed by atoms with Crippen molar-refractivity contribution in [1.82, 2.24) is 14.8 Å². The molecular weight excluding hydrogens is 446 g/mol. The van der Waals surface area contributed by atoms with Crippen molar-refractivity contribution in [2.75, 3.05) is 11.1 Å². The molecule has 1 aliphatic rings. The third-order valence-electron chi connectivity index (χ3n) is 5.14. The molecule has 0 unspecified atom stereocenters. The Balaban J connectivity index is 1.47. The second-order valence-electron chi connectivity index (χ2n) is 7.37. The number of carbonyl (C=O) groups is 1. The van der Waals surface area contributed by atoms with E-state index in [2.05, 4.69) is 46.5 Å². The molecule has 31 heavy (non-hydrogen) atoms. The molecule has 0 aromatic carbocycles. The maximum Gasteiger partial charge on any atom is 0.235 e. The Bertz CT molecular complexity index is 1150. The quantitative estimate of drug-likeness (QED) is 0.283. The summed E-state index contributed by atoms with van der Waals surface area (Å²) in [6, 6.07) is 4.40. The van der Waals surface area contributed by atoms with Crippen LogP contribution in [0.15, 0.2) is 29.3 Å². The number of thioether (sulfide) groups is 1. The van der Waals surface area contributed by atoms with Crippen molar-refractivity contribution >= 4 is 45.3 Å². The lowest BCUT2D eigenvalue weighted by Gasteiger charge is -2.07. The van der Waals surface area contributed by atoms with Gasteiger partial charge in [0, 0.05) is 27.2 Å². The maximum absolute atomic E-state index is 12.7. The third kappa shape index (κ3) is 4.76. The van der Waals surface area contributed by atoms with Crippen molar-refractivity contribution in [3.63, 3.8) is 0 Å². The van der Waals surface area contributed by atoms with Crippen LogP contribution in [0.5, 0.6) is 0 Å². The van der Waals surface area contributed by atoms with Crippen LogP contribution in [0.2, 0.25) is 0 Å². The SMILES string of the molecule is C=CCn1c(SCC(=O)Nc2sc3c(c2C#N)CCCCC3)nnc1-c1csc(C)c1. The number of nitrogens with zero attached hydrogens (tertiary/aromatic N) is 4. The molecule has 4 rings (SSSR count). The van der Waals surface area contributed by atoms with Crippen molar-refractivity contribution < 1.29 is 4.79 Å². The molecule has 1 N–H and O–H groups in total. The normalized spacial score (nSPS) is 13.3. The largest absolute Gasteiger partial charge is 0.316 e. The van der Waals surface area contributed by atoms with Crippen LogP contribution < -0.4 is 5.32 Å². The van der Waals surface area contributed by atoms with Gasteiger partial charge in [0.05, 0.1) is 11.3 Å². The average molecular weight is 470 g/mol. The van der Waals surface area contributed by atoms with Crippen molar-refractivity contribution in [3.05, 3.63) is 45.0 Å². The summed E-state index contributed by atoms with van der Waals surface area (Å²) in [6.07, 6.45) is 7.17. The van der Waals surface area contributed by atoms with E-state index in [9.17, 15) is 10.1 Å². The summed E-state index contributed by atoms with van der Waals surface area (Å²) in [5.41, 5.74) is 2.80. The number of aromatic nitrogens is 3. The van der Waals surface area contributed by atoms with Crippen LogP contribution >= 0.6 is 34.4 Å². The van der Waals surface area contributed by atoms with Crippen LogP contribution in [0, 0.1) is 18.3 Å². The molecule has 0 saturated heterocycles. The van der Waals surface area contributed by atoms with E-state index in [0.29, 0.717) is 22.3 Å². The molecular formula is C22H23N5OS3. The van der Waals surface area contributed by atoms with Crippen molar-refractivity contribution in [1.29, 1.82) is 5.26 Å². The van der Waals surface area contributed by atoms with Gasteiger partial charge in [0.25, 0.3) is 0 Å². The lowest BCUT2D eigenvalue weighted by molar-refractivity contribution is -0.113. The van der Waals surface area contributed by atoms with Gasteiger partial charge in [0.15, 0.2) is 11.0 Å². The summed E-state index contributed by atoms with van der Waals surface area (Å²) >= 11 is 4.57. The molecule has 0 radical (unpaired) electrons. The van der Waals surface area contributed by atoms with E-state index in [0.717, 1.165) is 42.6 Å². The number of nitrogens with one attached hydrogen (secondary N) is 1. The van der Waals surface area contributed by atoms with Gasteiger partial charge in [-0.25, -0.2) is 0 Å². The van der Waals surface area contributed by atoms with E-state index < -0.39 is 0 Å². The van der Waals surface area contributed by atoms with Gasteiger partial charge in [-0.05, 0) is 44.2 Å². The summed E-state index contributed by atoms with van der Waals surface area (Å²) < 4.78 is 1.97. The zero-order chi connectivity index (χ0) is 21.8. The first-order chi connectivity index (χ1) is 15.1. The van der Waals surface area contributed by atoms with Crippen LogP contribution in [-0.2, 0) is 24.2 Å². The van der Waals surface area contributed by atoms with Crippen molar-refractivity contribution in [2.45, 2.75) is 50.7 Å². The number of aryl methyl sites for hydroxylation is 2. The van der Waals surface area contributed by atoms with E-state index in [1.165, 1.54) is 27.9 Å². The summed E-state index contributed by atoms with van der Waals surface area (Å²) in [5, 5.41) is 24.7. The van der Waals surface area contributed by atoms with Crippen LogP contribution in [0.25, 0.3) is 11.4 Å². The molecule has 1 amide bonds.